The molecule has 0 radical (unpaired) electrons. The number of carboxylic acid groups (broad SMARTS) is 1. The monoisotopic (exact) mass is 646 g/mol. The van der Waals surface area contributed by atoms with Gasteiger partial charge in [-0.1, -0.05) is 89.5 Å². The van der Waals surface area contributed by atoms with Gasteiger partial charge in [0.05, 0.1) is 16.9 Å². The van der Waals surface area contributed by atoms with Crippen molar-refractivity contribution >= 4 is 35.5 Å². The number of aryl methyl sites for hydroxylation is 1. The highest BCUT2D eigenvalue weighted by Gasteiger charge is 2.30. The zero-order valence-electron chi connectivity index (χ0n) is 29.9. The average Bonchev–Trinajstić information content (AvgIpc) is 2.83. The Kier molecular flexibility index (Phi) is 14.0. The number of carbonyl (C=O) groups excluding carboxylic acids is 1. The Bertz CT molecular complexity index is 1250. The van der Waals surface area contributed by atoms with Gasteiger partial charge in [-0.2, -0.15) is 0 Å². The summed E-state index contributed by atoms with van der Waals surface area (Å²) in [5.41, 5.74) is 2.94. The van der Waals surface area contributed by atoms with Gasteiger partial charge in [0, 0.05) is 26.5 Å². The van der Waals surface area contributed by atoms with Crippen LogP contribution in [0.25, 0.3) is 0 Å². The Morgan fingerprint density at radius 1 is 0.750 bits per heavy atom. The fourth-order valence-electron chi connectivity index (χ4n) is 4.26. The first kappa shape index (κ1) is 39.9. The minimum atomic E-state index is -1.02. The van der Waals surface area contributed by atoms with Crippen molar-refractivity contribution in [3.05, 3.63) is 46.5 Å². The van der Waals surface area contributed by atoms with Gasteiger partial charge in [-0.3, -0.25) is 9.59 Å². The van der Waals surface area contributed by atoms with Gasteiger partial charge in [0.1, 0.15) is 11.5 Å². The third kappa shape index (κ3) is 12.7. The lowest BCUT2D eigenvalue weighted by atomic mass is 9.79. The largest absolute Gasteiger partial charge is 0.507 e. The van der Waals surface area contributed by atoms with Crippen molar-refractivity contribution < 1.29 is 24.5 Å². The molecule has 2 aromatic carbocycles. The van der Waals surface area contributed by atoms with Crippen LogP contribution < -0.4 is 4.74 Å². The van der Waals surface area contributed by atoms with Crippen molar-refractivity contribution in [3.8, 4) is 11.5 Å². The van der Waals surface area contributed by atoms with Gasteiger partial charge in [-0.15, -0.1) is 23.5 Å². The highest BCUT2D eigenvalue weighted by atomic mass is 32.2. The Balaban J connectivity index is 0.00000178. The maximum Gasteiger partial charge on any atom is 0.311 e. The summed E-state index contributed by atoms with van der Waals surface area (Å²) < 4.78 is 5.45. The molecular weight excluding hydrogens is 589 g/mol. The van der Waals surface area contributed by atoms with Crippen LogP contribution in [-0.2, 0) is 25.8 Å². The normalized spacial score (nSPS) is 12.5. The number of carboxylic acids is 1. The fraction of sp³-hybridized carbons (Fsp3) is 0.622. The van der Waals surface area contributed by atoms with Crippen molar-refractivity contribution in [2.24, 2.45) is 5.92 Å². The average molecular weight is 647 g/mol. The Morgan fingerprint density at radius 2 is 1.14 bits per heavy atom. The second kappa shape index (κ2) is 15.4. The van der Waals surface area contributed by atoms with Crippen LogP contribution in [0.15, 0.2) is 34.1 Å². The van der Waals surface area contributed by atoms with Crippen molar-refractivity contribution in [2.45, 2.75) is 153 Å². The van der Waals surface area contributed by atoms with E-state index in [2.05, 4.69) is 115 Å². The number of benzene rings is 2. The molecule has 2 aromatic rings. The van der Waals surface area contributed by atoms with Gasteiger partial charge in [0.25, 0.3) is 0 Å². The van der Waals surface area contributed by atoms with E-state index in [1.165, 1.54) is 6.42 Å². The smallest absolute Gasteiger partial charge is 0.311 e. The molecule has 0 fully saturated rings. The molecule has 0 aromatic heterocycles. The van der Waals surface area contributed by atoms with E-state index in [4.69, 9.17) is 9.84 Å². The van der Waals surface area contributed by atoms with Crippen LogP contribution in [0.3, 0.4) is 0 Å². The van der Waals surface area contributed by atoms with E-state index in [9.17, 15) is 14.7 Å². The predicted octanol–water partition coefficient (Wildman–Crippen LogP) is 11.0. The molecule has 0 aliphatic heterocycles. The van der Waals surface area contributed by atoms with Crippen LogP contribution >= 0.6 is 23.5 Å². The van der Waals surface area contributed by atoms with E-state index in [-0.39, 0.29) is 33.2 Å². The number of aliphatic carboxylic acids is 1. The summed E-state index contributed by atoms with van der Waals surface area (Å²) in [5, 5.41) is 20.0. The van der Waals surface area contributed by atoms with Gasteiger partial charge in [-0.05, 0) is 72.8 Å². The highest BCUT2D eigenvalue weighted by molar-refractivity contribution is 8.18. The van der Waals surface area contributed by atoms with Crippen molar-refractivity contribution in [1.29, 1.82) is 0 Å². The minimum absolute atomic E-state index is 0.168. The molecule has 248 valence electrons. The number of hydrogen-bond acceptors (Lipinski definition) is 6. The second-order valence-electron chi connectivity index (χ2n) is 15.5. The predicted molar refractivity (Wildman–Crippen MR) is 189 cm³/mol. The van der Waals surface area contributed by atoms with Crippen LogP contribution in [0.2, 0.25) is 0 Å². The highest BCUT2D eigenvalue weighted by Crippen LogP contribution is 2.50. The van der Waals surface area contributed by atoms with Gasteiger partial charge >= 0.3 is 11.9 Å². The maximum atomic E-state index is 12.4. The van der Waals surface area contributed by atoms with E-state index < -0.39 is 11.9 Å². The third-order valence-corrected chi connectivity index (χ3v) is 9.48. The van der Waals surface area contributed by atoms with Crippen LogP contribution in [0, 0.1) is 12.8 Å². The zero-order valence-corrected chi connectivity index (χ0v) is 31.6. The molecule has 0 unspecified atom stereocenters. The van der Waals surface area contributed by atoms with Crippen molar-refractivity contribution in [3.63, 3.8) is 0 Å². The van der Waals surface area contributed by atoms with E-state index in [0.717, 1.165) is 38.0 Å². The molecule has 0 saturated carbocycles. The molecule has 0 amide bonds. The number of rotatable bonds is 9. The minimum Gasteiger partial charge on any atom is -0.507 e. The fourth-order valence-corrected chi connectivity index (χ4v) is 6.91. The van der Waals surface area contributed by atoms with Crippen molar-refractivity contribution in [1.82, 2.24) is 0 Å². The Hall–Kier alpha value is -2.12. The zero-order chi connectivity index (χ0) is 34.4. The molecule has 2 rings (SSSR count). The van der Waals surface area contributed by atoms with Gasteiger partial charge in [-0.25, -0.2) is 0 Å². The number of esters is 1. The van der Waals surface area contributed by atoms with E-state index in [1.54, 1.807) is 23.5 Å². The summed E-state index contributed by atoms with van der Waals surface area (Å²) in [6, 6.07) is 8.34. The molecule has 0 heterocycles. The molecule has 0 atom stereocenters. The van der Waals surface area contributed by atoms with Crippen LogP contribution in [0.5, 0.6) is 11.5 Å². The maximum absolute atomic E-state index is 12.4. The van der Waals surface area contributed by atoms with E-state index in [0.29, 0.717) is 11.5 Å². The number of ether oxygens (including phenoxy) is 1. The van der Waals surface area contributed by atoms with E-state index in [1.807, 2.05) is 13.0 Å². The second-order valence-corrected chi connectivity index (χ2v) is 19.2. The third-order valence-electron chi connectivity index (χ3n) is 7.06. The quantitative estimate of drug-likeness (QED) is 0.121. The van der Waals surface area contributed by atoms with Crippen LogP contribution in [0.1, 0.15) is 138 Å². The van der Waals surface area contributed by atoms with Crippen LogP contribution in [0.4, 0.5) is 0 Å². The lowest BCUT2D eigenvalue weighted by Crippen LogP contribution is -2.19. The standard InChI is InChI=1S/C32H46O5S2.C5H12/c1-19-15-20(18-24(31(8,9)10)28(19)37-26(35)14-13-25(33)34)38-32(11,12)39-21-16-22(29(2,3)4)27(36)23(17-21)30(5,6)7;1-4-5(2)3/h15-18,36H,13-14H2,1-12H3,(H,33,34);5H,4H2,1-3H3. The van der Waals surface area contributed by atoms with Gasteiger partial charge < -0.3 is 14.9 Å². The number of aromatic hydroxyl groups is 1. The Morgan fingerprint density at radius 3 is 1.50 bits per heavy atom. The molecule has 0 saturated heterocycles. The number of phenolic OH excluding ortho intramolecular Hbond substituents is 1. The SMILES string of the molecule is CCC(C)C.Cc1cc(SC(C)(C)Sc2cc(C(C)(C)C)c(O)c(C(C)(C)C)c2)cc(C(C)(C)C)c1OC(=O)CCC(=O)O. The molecule has 0 aliphatic carbocycles. The summed E-state index contributed by atoms with van der Waals surface area (Å²) in [6.45, 7) is 31.9. The topological polar surface area (TPSA) is 83.8 Å². The first-order chi connectivity index (χ1) is 19.8. The lowest BCUT2D eigenvalue weighted by molar-refractivity contribution is -0.142. The molecule has 5 nitrogen and oxygen atoms in total. The summed E-state index contributed by atoms with van der Waals surface area (Å²) in [6.07, 6.45) is 0.880. The summed E-state index contributed by atoms with van der Waals surface area (Å²) >= 11 is 3.50. The molecule has 44 heavy (non-hydrogen) atoms. The molecular formula is C37H58O5S2. The molecule has 0 aliphatic rings. The number of hydrogen-bond donors (Lipinski definition) is 2. The number of carbonyl (C=O) groups is 2. The number of thioether (sulfide) groups is 2. The first-order valence-corrected chi connectivity index (χ1v) is 17.2. The first-order valence-electron chi connectivity index (χ1n) is 15.6. The van der Waals surface area contributed by atoms with Gasteiger partial charge in [0.2, 0.25) is 0 Å². The summed E-state index contributed by atoms with van der Waals surface area (Å²) in [4.78, 5) is 25.4. The molecule has 2 N–H and O–H groups in total. The molecule has 7 heteroatoms. The van der Waals surface area contributed by atoms with E-state index >= 15 is 0 Å². The molecule has 0 spiro atoms. The summed E-state index contributed by atoms with van der Waals surface area (Å²) in [5.74, 6) is 0.206. The Labute approximate surface area is 276 Å². The van der Waals surface area contributed by atoms with Gasteiger partial charge in [0.15, 0.2) is 0 Å². The lowest BCUT2D eigenvalue weighted by Gasteiger charge is -2.30. The van der Waals surface area contributed by atoms with Crippen molar-refractivity contribution in [2.75, 3.05) is 0 Å². The van der Waals surface area contributed by atoms with Crippen LogP contribution in [-0.4, -0.2) is 26.2 Å². The number of phenols is 1. The summed E-state index contributed by atoms with van der Waals surface area (Å²) in [7, 11) is 0. The molecule has 0 bridgehead atoms.